The van der Waals surface area contributed by atoms with Gasteiger partial charge in [-0.25, -0.2) is 4.39 Å². The van der Waals surface area contributed by atoms with Crippen molar-refractivity contribution in [3.05, 3.63) is 88.2 Å². The first-order chi connectivity index (χ1) is 13.9. The lowest BCUT2D eigenvalue weighted by Crippen LogP contribution is -2.32. The summed E-state index contributed by atoms with van der Waals surface area (Å²) in [4.78, 5) is 14.6. The molecule has 0 bridgehead atoms. The lowest BCUT2D eigenvalue weighted by atomic mass is 10.1. The third-order valence-corrected chi connectivity index (χ3v) is 5.87. The van der Waals surface area contributed by atoms with Crippen LogP contribution in [0, 0.1) is 11.7 Å². The number of carbonyl (C=O) groups is 1. The van der Waals surface area contributed by atoms with E-state index in [1.165, 1.54) is 28.8 Å². The number of hydrazone groups is 1. The molecular formula is C22H21ClFN3OS. The summed E-state index contributed by atoms with van der Waals surface area (Å²) < 4.78 is 14.4. The normalized spacial score (nSPS) is 13.8. The van der Waals surface area contributed by atoms with Crippen molar-refractivity contribution < 1.29 is 9.18 Å². The summed E-state index contributed by atoms with van der Waals surface area (Å²) in [6.45, 7) is 8.24. The van der Waals surface area contributed by atoms with Gasteiger partial charge in [-0.05, 0) is 36.5 Å². The van der Waals surface area contributed by atoms with Gasteiger partial charge in [-0.3, -0.25) is 4.79 Å². The second-order valence-corrected chi connectivity index (χ2v) is 8.19. The fourth-order valence-corrected chi connectivity index (χ4v) is 3.73. The van der Waals surface area contributed by atoms with Crippen LogP contribution in [0.2, 0.25) is 5.02 Å². The van der Waals surface area contributed by atoms with Gasteiger partial charge in [-0.15, -0.1) is 0 Å². The van der Waals surface area contributed by atoms with E-state index in [9.17, 15) is 9.18 Å². The molecule has 1 saturated carbocycles. The number of nitrogens with two attached hydrogens (primary N) is 1. The zero-order valence-electron chi connectivity index (χ0n) is 15.8. The molecule has 2 aromatic rings. The SMILES string of the molecule is C=Cc1ccc(/C(=N/N)SC(=C)N(CC2CC2)C(=O)c2cccc(Cl)c2F)cc1. The first-order valence-electron chi connectivity index (χ1n) is 9.08. The Morgan fingerprint density at radius 1 is 1.31 bits per heavy atom. The highest BCUT2D eigenvalue weighted by Crippen LogP contribution is 2.34. The first-order valence-corrected chi connectivity index (χ1v) is 10.3. The summed E-state index contributed by atoms with van der Waals surface area (Å²) in [5.41, 5.74) is 1.68. The number of nitrogens with zero attached hydrogens (tertiary/aromatic N) is 2. The van der Waals surface area contributed by atoms with Gasteiger partial charge in [0.2, 0.25) is 0 Å². The minimum Gasteiger partial charge on any atom is -0.322 e. The standard InChI is InChI=1S/C22H21ClFN3OS/c1-3-15-9-11-17(12-10-15)21(26-25)29-14(2)27(13-16-7-8-16)22(28)18-5-4-6-19(23)20(18)24/h3-6,9-12,16H,1-2,7-8,13,25H2/b26-21-. The Hall–Kier alpha value is -2.57. The molecule has 0 saturated heterocycles. The van der Waals surface area contributed by atoms with Crippen LogP contribution in [0.1, 0.15) is 34.3 Å². The molecule has 3 rings (SSSR count). The molecule has 1 amide bonds. The van der Waals surface area contributed by atoms with Gasteiger partial charge in [0.15, 0.2) is 5.82 Å². The van der Waals surface area contributed by atoms with Crippen LogP contribution in [0.25, 0.3) is 6.08 Å². The highest BCUT2D eigenvalue weighted by atomic mass is 35.5. The largest absolute Gasteiger partial charge is 0.322 e. The van der Waals surface area contributed by atoms with E-state index in [2.05, 4.69) is 18.3 Å². The molecule has 0 heterocycles. The highest BCUT2D eigenvalue weighted by Gasteiger charge is 2.31. The number of halogens is 2. The zero-order valence-corrected chi connectivity index (χ0v) is 17.3. The van der Waals surface area contributed by atoms with Gasteiger partial charge in [0.05, 0.1) is 15.6 Å². The van der Waals surface area contributed by atoms with Crippen LogP contribution in [0.15, 0.2) is 65.8 Å². The number of carbonyl (C=O) groups excluding carboxylic acids is 1. The van der Waals surface area contributed by atoms with Crippen LogP contribution in [0.4, 0.5) is 4.39 Å². The molecular weight excluding hydrogens is 409 g/mol. The van der Waals surface area contributed by atoms with Gasteiger partial charge < -0.3 is 10.7 Å². The molecule has 0 atom stereocenters. The number of thioether (sulfide) groups is 1. The summed E-state index contributed by atoms with van der Waals surface area (Å²) in [7, 11) is 0. The molecule has 150 valence electrons. The predicted molar refractivity (Wildman–Crippen MR) is 119 cm³/mol. The highest BCUT2D eigenvalue weighted by molar-refractivity contribution is 8.17. The van der Waals surface area contributed by atoms with E-state index in [0.717, 1.165) is 24.0 Å². The van der Waals surface area contributed by atoms with Crippen LogP contribution < -0.4 is 5.84 Å². The molecule has 2 aromatic carbocycles. The van der Waals surface area contributed by atoms with E-state index < -0.39 is 11.7 Å². The zero-order chi connectivity index (χ0) is 21.0. The number of hydrogen-bond acceptors (Lipinski definition) is 4. The van der Waals surface area contributed by atoms with Gasteiger partial charge in [-0.2, -0.15) is 5.10 Å². The smallest absolute Gasteiger partial charge is 0.261 e. The molecule has 2 N–H and O–H groups in total. The van der Waals surface area contributed by atoms with Gasteiger partial charge in [0.25, 0.3) is 5.91 Å². The van der Waals surface area contributed by atoms with Crippen LogP contribution in [0.5, 0.6) is 0 Å². The van der Waals surface area contributed by atoms with E-state index in [1.807, 2.05) is 24.3 Å². The van der Waals surface area contributed by atoms with Crippen molar-refractivity contribution in [1.82, 2.24) is 4.90 Å². The molecule has 0 aliphatic heterocycles. The van der Waals surface area contributed by atoms with Crippen molar-refractivity contribution in [2.75, 3.05) is 6.54 Å². The average Bonchev–Trinajstić information content (AvgIpc) is 3.56. The average molecular weight is 430 g/mol. The molecule has 7 heteroatoms. The number of rotatable bonds is 7. The Bertz CT molecular complexity index is 971. The minimum atomic E-state index is -0.731. The van der Waals surface area contributed by atoms with Crippen LogP contribution >= 0.6 is 23.4 Å². The van der Waals surface area contributed by atoms with E-state index >= 15 is 0 Å². The van der Waals surface area contributed by atoms with Crippen molar-refractivity contribution in [3.63, 3.8) is 0 Å². The van der Waals surface area contributed by atoms with E-state index in [4.69, 9.17) is 17.4 Å². The molecule has 0 aromatic heterocycles. The van der Waals surface area contributed by atoms with E-state index in [1.54, 1.807) is 12.1 Å². The second kappa shape index (κ2) is 9.29. The Labute approximate surface area is 178 Å². The fourth-order valence-electron chi connectivity index (χ4n) is 2.76. The molecule has 0 radical (unpaired) electrons. The molecule has 1 aliphatic rings. The summed E-state index contributed by atoms with van der Waals surface area (Å²) in [5.74, 6) is 4.76. The lowest BCUT2D eigenvalue weighted by molar-refractivity contribution is 0.0808. The summed E-state index contributed by atoms with van der Waals surface area (Å²) >= 11 is 7.03. The molecule has 1 aliphatic carbocycles. The van der Waals surface area contributed by atoms with E-state index in [-0.39, 0.29) is 10.6 Å². The maximum absolute atomic E-state index is 14.4. The number of benzene rings is 2. The molecule has 0 unspecified atom stereocenters. The van der Waals surface area contributed by atoms with E-state index in [0.29, 0.717) is 22.5 Å². The molecule has 4 nitrogen and oxygen atoms in total. The van der Waals surface area contributed by atoms with Crippen molar-refractivity contribution in [2.45, 2.75) is 12.8 Å². The quantitative estimate of drug-likeness (QED) is 0.273. The molecule has 29 heavy (non-hydrogen) atoms. The minimum absolute atomic E-state index is 0.0820. The maximum Gasteiger partial charge on any atom is 0.261 e. The summed E-state index contributed by atoms with van der Waals surface area (Å²) in [6.07, 6.45) is 3.80. The molecule has 0 spiro atoms. The third kappa shape index (κ3) is 5.08. The van der Waals surface area contributed by atoms with Crippen molar-refractivity contribution >= 4 is 40.4 Å². The fraction of sp³-hybridized carbons (Fsp3) is 0.182. The Morgan fingerprint density at radius 3 is 2.59 bits per heavy atom. The van der Waals surface area contributed by atoms with Gasteiger partial charge in [-0.1, -0.05) is 72.9 Å². The maximum atomic E-state index is 14.4. The van der Waals surface area contributed by atoms with Crippen molar-refractivity contribution in [3.8, 4) is 0 Å². The summed E-state index contributed by atoms with van der Waals surface area (Å²) in [6, 6.07) is 11.9. The van der Waals surface area contributed by atoms with Crippen molar-refractivity contribution in [2.24, 2.45) is 16.9 Å². The van der Waals surface area contributed by atoms with Gasteiger partial charge >= 0.3 is 0 Å². The first kappa shape index (κ1) is 21.1. The lowest BCUT2D eigenvalue weighted by Gasteiger charge is -2.25. The van der Waals surface area contributed by atoms with Gasteiger partial charge in [0.1, 0.15) is 5.04 Å². The topological polar surface area (TPSA) is 58.7 Å². The molecule has 1 fully saturated rings. The Kier molecular flexibility index (Phi) is 6.77. The second-order valence-electron chi connectivity index (χ2n) is 6.72. The van der Waals surface area contributed by atoms with Crippen LogP contribution in [-0.4, -0.2) is 22.4 Å². The Morgan fingerprint density at radius 2 is 2.00 bits per heavy atom. The number of amides is 1. The van der Waals surface area contributed by atoms with Crippen molar-refractivity contribution in [1.29, 1.82) is 0 Å². The van der Waals surface area contributed by atoms with Crippen LogP contribution in [-0.2, 0) is 0 Å². The van der Waals surface area contributed by atoms with Gasteiger partial charge in [0, 0.05) is 12.1 Å². The third-order valence-electron chi connectivity index (χ3n) is 4.59. The summed E-state index contributed by atoms with van der Waals surface area (Å²) in [5, 5.41) is 4.70. The number of hydrogen-bond donors (Lipinski definition) is 1. The predicted octanol–water partition coefficient (Wildman–Crippen LogP) is 5.50. The van der Waals surface area contributed by atoms with Crippen LogP contribution in [0.3, 0.4) is 0 Å². The Balaban J connectivity index is 1.83. The monoisotopic (exact) mass is 429 g/mol.